The van der Waals surface area contributed by atoms with Crippen molar-refractivity contribution < 1.29 is 13.0 Å². The van der Waals surface area contributed by atoms with Crippen LogP contribution in [0.2, 0.25) is 0 Å². The van der Waals surface area contributed by atoms with Crippen LogP contribution in [0.25, 0.3) is 0 Å². The van der Waals surface area contributed by atoms with Crippen LogP contribution >= 0.6 is 0 Å². The first-order valence-corrected chi connectivity index (χ1v) is 11.4. The largest absolute Gasteiger partial charge is 0.370 e. The van der Waals surface area contributed by atoms with Crippen molar-refractivity contribution >= 4 is 16.8 Å². The molecule has 0 saturated carbocycles. The number of nitrogens with one attached hydrogen (secondary N) is 2. The van der Waals surface area contributed by atoms with Crippen molar-refractivity contribution in [1.82, 2.24) is 9.71 Å². The van der Waals surface area contributed by atoms with E-state index in [0.29, 0.717) is 19.3 Å². The summed E-state index contributed by atoms with van der Waals surface area (Å²) in [5.41, 5.74) is 2.15. The lowest BCUT2D eigenvalue weighted by molar-refractivity contribution is -0.0207. The molecule has 1 aromatic rings. The lowest BCUT2D eigenvalue weighted by Crippen LogP contribution is -2.39. The average molecular weight is 427 g/mol. The van der Waals surface area contributed by atoms with Gasteiger partial charge in [-0.05, 0) is 70.9 Å². The third-order valence-corrected chi connectivity index (χ3v) is 6.55. The molecule has 1 aliphatic rings. The molecule has 0 bridgehead atoms. The zero-order valence-electron chi connectivity index (χ0n) is 17.6. The monoisotopic (exact) mass is 426 g/mol. The van der Waals surface area contributed by atoms with Gasteiger partial charge >= 0.3 is 0 Å². The highest BCUT2D eigenvalue weighted by atomic mass is 32.2. The van der Waals surface area contributed by atoms with Gasteiger partial charge in [0.1, 0.15) is 11.9 Å². The van der Waals surface area contributed by atoms with Gasteiger partial charge in [-0.15, -0.1) is 0 Å². The summed E-state index contributed by atoms with van der Waals surface area (Å²) in [6, 6.07) is 5.17. The van der Waals surface area contributed by atoms with Crippen LogP contribution in [0, 0.1) is 11.3 Å². The molecular weight excluding hydrogens is 394 g/mol. The van der Waals surface area contributed by atoms with Crippen molar-refractivity contribution in [3.63, 3.8) is 0 Å². The summed E-state index contributed by atoms with van der Waals surface area (Å²) < 4.78 is 42.6. The standard InChI is InChI=1S/C21H32F2N4OS/c1-20(2,3)29(28)27-18(15-24)11-13-21(22,23)12-5-4-8-17-10-9-16-7-6-14-25-19(16)26-17/h9-10,18,27H,4-8,11-14H2,1-3H3,(H,25,26)/t18-,29?/m0/s1. The second-order valence-corrected chi connectivity index (χ2v) is 10.6. The van der Waals surface area contributed by atoms with Gasteiger partial charge in [-0.3, -0.25) is 0 Å². The third-order valence-electron chi connectivity index (χ3n) is 4.94. The number of aryl methyl sites for hydroxylation is 2. The Kier molecular flexibility index (Phi) is 8.53. The smallest absolute Gasteiger partial charge is 0.248 e. The highest BCUT2D eigenvalue weighted by Gasteiger charge is 2.30. The molecule has 0 radical (unpaired) electrons. The van der Waals surface area contributed by atoms with E-state index in [0.717, 1.165) is 30.9 Å². The quantitative estimate of drug-likeness (QED) is 0.540. The Labute approximate surface area is 175 Å². The molecule has 2 heterocycles. The molecule has 1 aromatic heterocycles. The average Bonchev–Trinajstić information content (AvgIpc) is 2.67. The number of anilines is 1. The number of alkyl halides is 2. The van der Waals surface area contributed by atoms with Gasteiger partial charge in [0.15, 0.2) is 0 Å². The molecule has 2 rings (SSSR count). The number of aromatic nitrogens is 1. The van der Waals surface area contributed by atoms with E-state index < -0.39 is 27.7 Å². The van der Waals surface area contributed by atoms with Gasteiger partial charge in [0, 0.05) is 25.1 Å². The summed E-state index contributed by atoms with van der Waals surface area (Å²) in [4.78, 5) is 4.59. The van der Waals surface area contributed by atoms with E-state index in [9.17, 15) is 13.0 Å². The van der Waals surface area contributed by atoms with Crippen LogP contribution in [-0.2, 0) is 23.8 Å². The van der Waals surface area contributed by atoms with Crippen LogP contribution in [0.3, 0.4) is 0 Å². The molecule has 162 valence electrons. The highest BCUT2D eigenvalue weighted by molar-refractivity contribution is 7.84. The molecule has 8 heteroatoms. The molecule has 2 N–H and O–H groups in total. The van der Waals surface area contributed by atoms with Gasteiger partial charge in [-0.2, -0.15) is 5.26 Å². The van der Waals surface area contributed by atoms with Crippen molar-refractivity contribution in [3.8, 4) is 6.07 Å². The molecule has 1 unspecified atom stereocenters. The minimum absolute atomic E-state index is 0.0244. The fourth-order valence-corrected chi connectivity index (χ4v) is 3.92. The maximum Gasteiger partial charge on any atom is 0.248 e. The summed E-state index contributed by atoms with van der Waals surface area (Å²) in [7, 11) is -1.45. The SMILES string of the molecule is CC(C)(C)S(=O)N[C@H](C#N)CCC(F)(F)CCCCc1ccc2c(n1)NCCC2. The zero-order valence-corrected chi connectivity index (χ0v) is 18.4. The van der Waals surface area contributed by atoms with Gasteiger partial charge in [0.25, 0.3) is 0 Å². The second kappa shape index (κ2) is 10.4. The number of hydrogen-bond donors (Lipinski definition) is 2. The summed E-state index contributed by atoms with van der Waals surface area (Å²) in [6.07, 6.45) is 3.24. The number of unbranched alkanes of at least 4 members (excludes halogenated alkanes) is 1. The highest BCUT2D eigenvalue weighted by Crippen LogP contribution is 2.28. The first-order valence-electron chi connectivity index (χ1n) is 10.3. The Morgan fingerprint density at radius 2 is 2.07 bits per heavy atom. The van der Waals surface area contributed by atoms with E-state index in [-0.39, 0.29) is 19.3 Å². The summed E-state index contributed by atoms with van der Waals surface area (Å²) >= 11 is 0. The van der Waals surface area contributed by atoms with Crippen LogP contribution in [0.15, 0.2) is 12.1 Å². The van der Waals surface area contributed by atoms with Crippen LogP contribution in [0.4, 0.5) is 14.6 Å². The Morgan fingerprint density at radius 3 is 2.76 bits per heavy atom. The Bertz CT molecular complexity index is 743. The number of hydrogen-bond acceptors (Lipinski definition) is 4. The van der Waals surface area contributed by atoms with Gasteiger partial charge in [-0.1, -0.05) is 6.07 Å². The number of pyridine rings is 1. The molecule has 29 heavy (non-hydrogen) atoms. The number of nitrogens with zero attached hydrogens (tertiary/aromatic N) is 2. The zero-order chi connectivity index (χ0) is 21.5. The predicted octanol–water partition coefficient (Wildman–Crippen LogP) is 4.51. The van der Waals surface area contributed by atoms with Crippen LogP contribution in [0.1, 0.15) is 70.6 Å². The molecule has 0 spiro atoms. The fourth-order valence-electron chi connectivity index (χ4n) is 3.13. The Balaban J connectivity index is 1.72. The lowest BCUT2D eigenvalue weighted by Gasteiger charge is -2.22. The molecular formula is C21H32F2N4OS. The second-order valence-electron chi connectivity index (χ2n) is 8.62. The van der Waals surface area contributed by atoms with Crippen molar-refractivity contribution in [2.24, 2.45) is 0 Å². The number of rotatable bonds is 10. The summed E-state index contributed by atoms with van der Waals surface area (Å²) in [6.45, 7) is 6.24. The van der Waals surface area contributed by atoms with E-state index in [1.54, 1.807) is 20.8 Å². The number of nitriles is 1. The van der Waals surface area contributed by atoms with E-state index >= 15 is 0 Å². The fraction of sp³-hybridized carbons (Fsp3) is 0.714. The maximum atomic E-state index is 14.2. The molecule has 0 aliphatic carbocycles. The van der Waals surface area contributed by atoms with Crippen molar-refractivity contribution in [2.45, 2.75) is 88.8 Å². The van der Waals surface area contributed by atoms with Crippen molar-refractivity contribution in [2.75, 3.05) is 11.9 Å². The molecule has 5 nitrogen and oxygen atoms in total. The van der Waals surface area contributed by atoms with E-state index in [1.807, 2.05) is 12.1 Å². The van der Waals surface area contributed by atoms with Crippen molar-refractivity contribution in [3.05, 3.63) is 23.4 Å². The molecule has 0 amide bonds. The van der Waals surface area contributed by atoms with Crippen molar-refractivity contribution in [1.29, 1.82) is 5.26 Å². The molecule has 1 aliphatic heterocycles. The molecule has 0 fully saturated rings. The minimum atomic E-state index is -2.83. The first-order chi connectivity index (χ1) is 13.6. The maximum absolute atomic E-state index is 14.2. The van der Waals surface area contributed by atoms with Gasteiger partial charge in [0.05, 0.1) is 21.8 Å². The van der Waals surface area contributed by atoms with Gasteiger partial charge < -0.3 is 5.32 Å². The number of halogens is 2. The molecule has 0 saturated heterocycles. The van der Waals surface area contributed by atoms with Gasteiger partial charge in [-0.25, -0.2) is 22.7 Å². The van der Waals surface area contributed by atoms with Crippen LogP contribution < -0.4 is 10.0 Å². The summed E-state index contributed by atoms with van der Waals surface area (Å²) in [5.74, 6) is -1.90. The summed E-state index contributed by atoms with van der Waals surface area (Å²) in [5, 5.41) is 12.4. The normalized spacial score (nSPS) is 16.4. The van der Waals surface area contributed by atoms with Gasteiger partial charge in [0.2, 0.25) is 5.92 Å². The third kappa shape index (κ3) is 7.98. The van der Waals surface area contributed by atoms with E-state index in [2.05, 4.69) is 21.1 Å². The Morgan fingerprint density at radius 1 is 1.31 bits per heavy atom. The van der Waals surface area contributed by atoms with E-state index in [1.165, 1.54) is 5.56 Å². The minimum Gasteiger partial charge on any atom is -0.370 e. The number of fused-ring (bicyclic) bond motifs is 1. The molecule has 2 atom stereocenters. The Hall–Kier alpha value is -1.59. The van der Waals surface area contributed by atoms with Crippen LogP contribution in [0.5, 0.6) is 0 Å². The topological polar surface area (TPSA) is 77.8 Å². The predicted molar refractivity (Wildman–Crippen MR) is 113 cm³/mol. The molecule has 0 aromatic carbocycles. The van der Waals surface area contributed by atoms with Crippen LogP contribution in [-0.4, -0.2) is 32.4 Å². The lowest BCUT2D eigenvalue weighted by atomic mass is 10.0. The first kappa shape index (κ1) is 23.7. The van der Waals surface area contributed by atoms with E-state index in [4.69, 9.17) is 5.26 Å².